The number of anilines is 1. The maximum Gasteiger partial charge on any atom is 0.261 e. The summed E-state index contributed by atoms with van der Waals surface area (Å²) in [5.41, 5.74) is 1.13. The Hall–Kier alpha value is -1.12. The Bertz CT molecular complexity index is 674. The molecule has 0 amide bonds. The molecule has 6 heteroatoms. The molecule has 0 radical (unpaired) electrons. The quantitative estimate of drug-likeness (QED) is 0.596. The van der Waals surface area contributed by atoms with Crippen molar-refractivity contribution in [2.24, 2.45) is 0 Å². The van der Waals surface area contributed by atoms with Crippen LogP contribution in [0.15, 0.2) is 59.5 Å². The second kappa shape index (κ2) is 6.55. The molecule has 2 N–H and O–H groups in total. The molecular formula is C14H14INO3S. The topological polar surface area (TPSA) is 66.4 Å². The fourth-order valence-electron chi connectivity index (χ4n) is 1.71. The first-order valence-corrected chi connectivity index (χ1v) is 8.95. The molecule has 106 valence electrons. The van der Waals surface area contributed by atoms with Crippen LogP contribution >= 0.6 is 22.6 Å². The van der Waals surface area contributed by atoms with Crippen molar-refractivity contribution in [1.29, 1.82) is 0 Å². The minimum atomic E-state index is -3.60. The number of benzene rings is 2. The van der Waals surface area contributed by atoms with Gasteiger partial charge in [-0.25, -0.2) is 8.42 Å². The van der Waals surface area contributed by atoms with E-state index in [1.54, 1.807) is 42.5 Å². The number of rotatable bonds is 5. The number of aliphatic hydroxyl groups excluding tert-OH is 1. The summed E-state index contributed by atoms with van der Waals surface area (Å²) < 4.78 is 27.4. The number of hydrogen-bond donors (Lipinski definition) is 2. The second-order valence-corrected chi connectivity index (χ2v) is 6.78. The summed E-state index contributed by atoms with van der Waals surface area (Å²) in [5, 5.41) is 9.78. The predicted octanol–water partition coefficient (Wildman–Crippen LogP) is 2.96. The summed E-state index contributed by atoms with van der Waals surface area (Å²) in [4.78, 5) is 0.208. The SMILES string of the molecule is O=S(=O)(Nc1cccc([C@@H](O)CI)c1)c1ccccc1. The van der Waals surface area contributed by atoms with E-state index in [1.807, 2.05) is 0 Å². The average molecular weight is 403 g/mol. The molecule has 1 atom stereocenters. The van der Waals surface area contributed by atoms with Gasteiger partial charge in [0.2, 0.25) is 0 Å². The Balaban J connectivity index is 2.26. The first-order chi connectivity index (χ1) is 9.53. The molecule has 0 aliphatic heterocycles. The molecule has 0 spiro atoms. The van der Waals surface area contributed by atoms with E-state index in [1.165, 1.54) is 12.1 Å². The van der Waals surface area contributed by atoms with Gasteiger partial charge in [-0.05, 0) is 29.8 Å². The zero-order valence-corrected chi connectivity index (χ0v) is 13.5. The molecule has 0 fully saturated rings. The van der Waals surface area contributed by atoms with Crippen molar-refractivity contribution in [3.05, 3.63) is 60.2 Å². The maximum atomic E-state index is 12.2. The van der Waals surface area contributed by atoms with E-state index in [0.717, 1.165) is 0 Å². The fourth-order valence-corrected chi connectivity index (χ4v) is 3.29. The molecule has 2 aromatic carbocycles. The first-order valence-electron chi connectivity index (χ1n) is 5.95. The van der Waals surface area contributed by atoms with Crippen molar-refractivity contribution in [1.82, 2.24) is 0 Å². The summed E-state index contributed by atoms with van der Waals surface area (Å²) in [6, 6.07) is 15.0. The molecule has 0 saturated carbocycles. The van der Waals surface area contributed by atoms with E-state index in [9.17, 15) is 13.5 Å². The highest BCUT2D eigenvalue weighted by Crippen LogP contribution is 2.21. The largest absolute Gasteiger partial charge is 0.388 e. The highest BCUT2D eigenvalue weighted by molar-refractivity contribution is 14.1. The lowest BCUT2D eigenvalue weighted by Gasteiger charge is -2.11. The van der Waals surface area contributed by atoms with Gasteiger partial charge in [0.1, 0.15) is 0 Å². The van der Waals surface area contributed by atoms with E-state index in [2.05, 4.69) is 27.3 Å². The molecule has 0 heterocycles. The monoisotopic (exact) mass is 403 g/mol. The lowest BCUT2D eigenvalue weighted by Crippen LogP contribution is -2.13. The fraction of sp³-hybridized carbons (Fsp3) is 0.143. The van der Waals surface area contributed by atoms with Gasteiger partial charge in [0, 0.05) is 10.1 Å². The Morgan fingerprint density at radius 3 is 2.45 bits per heavy atom. The van der Waals surface area contributed by atoms with Crippen LogP contribution in [0.1, 0.15) is 11.7 Å². The van der Waals surface area contributed by atoms with Gasteiger partial charge in [-0.2, -0.15) is 0 Å². The van der Waals surface area contributed by atoms with E-state index >= 15 is 0 Å². The molecule has 4 nitrogen and oxygen atoms in total. The highest BCUT2D eigenvalue weighted by atomic mass is 127. The van der Waals surface area contributed by atoms with Crippen LogP contribution in [0.2, 0.25) is 0 Å². The minimum absolute atomic E-state index is 0.208. The first kappa shape index (κ1) is 15.3. The number of nitrogens with one attached hydrogen (secondary N) is 1. The third kappa shape index (κ3) is 3.71. The standard InChI is InChI=1S/C14H14INO3S/c15-10-14(17)11-5-4-6-12(9-11)16-20(18,19)13-7-2-1-3-8-13/h1-9,14,16-17H,10H2/t14-/m0/s1. The van der Waals surface area contributed by atoms with Crippen LogP contribution in [-0.2, 0) is 10.0 Å². The number of halogens is 1. The zero-order chi connectivity index (χ0) is 14.6. The Kier molecular flexibility index (Phi) is 5.00. The van der Waals surface area contributed by atoms with Crippen molar-refractivity contribution in [2.45, 2.75) is 11.0 Å². The van der Waals surface area contributed by atoms with Crippen LogP contribution in [0.5, 0.6) is 0 Å². The third-order valence-electron chi connectivity index (χ3n) is 2.72. The number of aliphatic hydroxyl groups is 1. The van der Waals surface area contributed by atoms with Gasteiger partial charge in [0.05, 0.1) is 11.0 Å². The lowest BCUT2D eigenvalue weighted by atomic mass is 10.1. The van der Waals surface area contributed by atoms with Crippen molar-refractivity contribution in [3.8, 4) is 0 Å². The van der Waals surface area contributed by atoms with Crippen molar-refractivity contribution in [2.75, 3.05) is 9.15 Å². The number of alkyl halides is 1. The van der Waals surface area contributed by atoms with Crippen LogP contribution < -0.4 is 4.72 Å². The summed E-state index contributed by atoms with van der Waals surface area (Å²) in [5.74, 6) is 0. The van der Waals surface area contributed by atoms with Crippen LogP contribution in [-0.4, -0.2) is 18.0 Å². The van der Waals surface area contributed by atoms with Crippen molar-refractivity contribution < 1.29 is 13.5 Å². The van der Waals surface area contributed by atoms with Crippen LogP contribution in [0, 0.1) is 0 Å². The molecule has 2 aromatic rings. The molecule has 0 aliphatic carbocycles. The van der Waals surface area contributed by atoms with Gasteiger partial charge >= 0.3 is 0 Å². The Morgan fingerprint density at radius 2 is 1.80 bits per heavy atom. The summed E-state index contributed by atoms with van der Waals surface area (Å²) in [6.45, 7) is 0. The second-order valence-electron chi connectivity index (χ2n) is 4.21. The number of hydrogen-bond acceptors (Lipinski definition) is 3. The smallest absolute Gasteiger partial charge is 0.261 e. The van der Waals surface area contributed by atoms with E-state index in [0.29, 0.717) is 15.7 Å². The average Bonchev–Trinajstić information content (AvgIpc) is 2.47. The summed E-state index contributed by atoms with van der Waals surface area (Å²) in [6.07, 6.45) is -0.600. The molecule has 0 bridgehead atoms. The van der Waals surface area contributed by atoms with E-state index < -0.39 is 16.1 Å². The Labute approximate surface area is 132 Å². The van der Waals surface area contributed by atoms with Crippen LogP contribution in [0.3, 0.4) is 0 Å². The number of sulfonamides is 1. The molecule has 0 unspecified atom stereocenters. The van der Waals surface area contributed by atoms with Gasteiger partial charge in [0.25, 0.3) is 10.0 Å². The minimum Gasteiger partial charge on any atom is -0.388 e. The molecule has 0 saturated heterocycles. The molecule has 0 aliphatic rings. The maximum absolute atomic E-state index is 12.2. The van der Waals surface area contributed by atoms with Crippen LogP contribution in [0.25, 0.3) is 0 Å². The molecule has 20 heavy (non-hydrogen) atoms. The Morgan fingerprint density at radius 1 is 1.10 bits per heavy atom. The van der Waals surface area contributed by atoms with Gasteiger partial charge in [-0.3, -0.25) is 4.72 Å². The highest BCUT2D eigenvalue weighted by Gasteiger charge is 2.14. The molecule has 0 aromatic heterocycles. The van der Waals surface area contributed by atoms with Gasteiger partial charge in [-0.1, -0.05) is 52.9 Å². The predicted molar refractivity (Wildman–Crippen MR) is 87.5 cm³/mol. The van der Waals surface area contributed by atoms with Gasteiger partial charge < -0.3 is 5.11 Å². The molecular weight excluding hydrogens is 389 g/mol. The summed E-state index contributed by atoms with van der Waals surface area (Å²) in [7, 11) is -3.60. The third-order valence-corrected chi connectivity index (χ3v) is 4.95. The molecule has 2 rings (SSSR count). The van der Waals surface area contributed by atoms with Gasteiger partial charge in [-0.15, -0.1) is 0 Å². The summed E-state index contributed by atoms with van der Waals surface area (Å²) >= 11 is 2.08. The van der Waals surface area contributed by atoms with Crippen LogP contribution in [0.4, 0.5) is 5.69 Å². The van der Waals surface area contributed by atoms with Crippen molar-refractivity contribution in [3.63, 3.8) is 0 Å². The zero-order valence-electron chi connectivity index (χ0n) is 10.5. The lowest BCUT2D eigenvalue weighted by molar-refractivity contribution is 0.207. The van der Waals surface area contributed by atoms with Crippen molar-refractivity contribution >= 4 is 38.3 Å². The normalized spacial score (nSPS) is 12.9. The van der Waals surface area contributed by atoms with E-state index in [4.69, 9.17) is 0 Å². The van der Waals surface area contributed by atoms with Gasteiger partial charge in [0.15, 0.2) is 0 Å². The van der Waals surface area contributed by atoms with E-state index in [-0.39, 0.29) is 4.90 Å².